The Morgan fingerprint density at radius 2 is 2.38 bits per heavy atom. The molecule has 2 N–H and O–H groups in total. The number of benzene rings is 1. The maximum atomic E-state index is 4.17. The first-order valence-corrected chi connectivity index (χ1v) is 4.98. The zero-order valence-electron chi connectivity index (χ0n) is 7.26. The molecular formula is C9H10BrN3. The number of anilines is 1. The molecular weight excluding hydrogens is 230 g/mol. The van der Waals surface area contributed by atoms with E-state index in [1.54, 1.807) is 0 Å². The van der Waals surface area contributed by atoms with Crippen LogP contribution in [-0.4, -0.2) is 16.7 Å². The topological polar surface area (TPSA) is 40.7 Å². The Balaban J connectivity index is 2.55. The van der Waals surface area contributed by atoms with E-state index in [4.69, 9.17) is 0 Å². The Morgan fingerprint density at radius 3 is 3.15 bits per heavy atom. The molecule has 0 amide bonds. The average Bonchev–Trinajstić information content (AvgIpc) is 2.49. The van der Waals surface area contributed by atoms with Gasteiger partial charge in [-0.3, -0.25) is 5.10 Å². The minimum atomic E-state index is 0.885. The second kappa shape index (κ2) is 3.38. The molecule has 1 aromatic heterocycles. The number of rotatable bonds is 2. The van der Waals surface area contributed by atoms with E-state index >= 15 is 0 Å². The van der Waals surface area contributed by atoms with Gasteiger partial charge in [-0.25, -0.2) is 0 Å². The molecule has 0 fully saturated rings. The molecule has 3 nitrogen and oxygen atoms in total. The summed E-state index contributed by atoms with van der Waals surface area (Å²) in [7, 11) is 0. The van der Waals surface area contributed by atoms with Crippen LogP contribution in [0.1, 0.15) is 6.92 Å². The van der Waals surface area contributed by atoms with Gasteiger partial charge in [0.15, 0.2) is 5.82 Å². The Bertz CT molecular complexity index is 422. The van der Waals surface area contributed by atoms with Crippen LogP contribution in [0.3, 0.4) is 0 Å². The average molecular weight is 240 g/mol. The summed E-state index contributed by atoms with van der Waals surface area (Å²) in [6, 6.07) is 6.07. The van der Waals surface area contributed by atoms with Crippen molar-refractivity contribution < 1.29 is 0 Å². The van der Waals surface area contributed by atoms with E-state index in [1.165, 1.54) is 0 Å². The fraction of sp³-hybridized carbons (Fsp3) is 0.222. The molecule has 13 heavy (non-hydrogen) atoms. The van der Waals surface area contributed by atoms with Gasteiger partial charge in [0.25, 0.3) is 0 Å². The Morgan fingerprint density at radius 1 is 1.54 bits per heavy atom. The van der Waals surface area contributed by atoms with Crippen molar-refractivity contribution in [2.45, 2.75) is 6.92 Å². The van der Waals surface area contributed by atoms with E-state index < -0.39 is 0 Å². The van der Waals surface area contributed by atoms with Crippen LogP contribution in [-0.2, 0) is 0 Å². The molecule has 68 valence electrons. The van der Waals surface area contributed by atoms with Crippen molar-refractivity contribution in [2.24, 2.45) is 0 Å². The van der Waals surface area contributed by atoms with Crippen LogP contribution in [0.5, 0.6) is 0 Å². The summed E-state index contributed by atoms with van der Waals surface area (Å²) in [6.07, 6.45) is 0. The Labute approximate surface area is 84.7 Å². The molecule has 2 rings (SSSR count). The molecule has 1 heterocycles. The molecule has 0 spiro atoms. The number of H-pyrrole nitrogens is 1. The van der Waals surface area contributed by atoms with Crippen LogP contribution in [0.25, 0.3) is 10.9 Å². The van der Waals surface area contributed by atoms with Gasteiger partial charge < -0.3 is 5.32 Å². The standard InChI is InChI=1S/C9H10BrN3/c1-2-11-9-7-4-3-6(10)5-8(7)12-13-9/h3-5H,2H2,1H3,(H2,11,12,13). The van der Waals surface area contributed by atoms with E-state index in [1.807, 2.05) is 18.2 Å². The molecule has 1 aromatic carbocycles. The summed E-state index contributed by atoms with van der Waals surface area (Å²) in [6.45, 7) is 2.94. The molecule has 0 atom stereocenters. The van der Waals surface area contributed by atoms with Gasteiger partial charge in [-0.15, -0.1) is 0 Å². The largest absolute Gasteiger partial charge is 0.368 e. The molecule has 0 radical (unpaired) electrons. The van der Waals surface area contributed by atoms with Crippen LogP contribution in [0.2, 0.25) is 0 Å². The summed E-state index contributed by atoms with van der Waals surface area (Å²) < 4.78 is 1.06. The number of nitrogens with zero attached hydrogens (tertiary/aromatic N) is 1. The first kappa shape index (κ1) is 8.56. The van der Waals surface area contributed by atoms with Crippen LogP contribution < -0.4 is 5.32 Å². The normalized spacial score (nSPS) is 10.6. The lowest BCUT2D eigenvalue weighted by Gasteiger charge is -1.97. The second-order valence-electron chi connectivity index (χ2n) is 2.79. The summed E-state index contributed by atoms with van der Waals surface area (Å²) in [4.78, 5) is 0. The number of fused-ring (bicyclic) bond motifs is 1. The lowest BCUT2D eigenvalue weighted by Crippen LogP contribution is -1.96. The summed E-state index contributed by atoms with van der Waals surface area (Å²) in [5, 5.41) is 11.5. The van der Waals surface area contributed by atoms with E-state index in [2.05, 4.69) is 38.4 Å². The fourth-order valence-electron chi connectivity index (χ4n) is 1.29. The number of hydrogen-bond acceptors (Lipinski definition) is 2. The van der Waals surface area contributed by atoms with Crippen molar-refractivity contribution in [1.82, 2.24) is 10.2 Å². The van der Waals surface area contributed by atoms with Crippen LogP contribution in [0.4, 0.5) is 5.82 Å². The second-order valence-corrected chi connectivity index (χ2v) is 3.71. The number of hydrogen-bond donors (Lipinski definition) is 2. The minimum Gasteiger partial charge on any atom is -0.368 e. The Hall–Kier alpha value is -1.03. The molecule has 0 aliphatic carbocycles. The highest BCUT2D eigenvalue weighted by Gasteiger charge is 2.03. The van der Waals surface area contributed by atoms with Gasteiger partial charge in [0.1, 0.15) is 0 Å². The van der Waals surface area contributed by atoms with Gasteiger partial charge in [0, 0.05) is 16.4 Å². The van der Waals surface area contributed by atoms with E-state index in [9.17, 15) is 0 Å². The third-order valence-corrected chi connectivity index (χ3v) is 2.36. The fourth-order valence-corrected chi connectivity index (χ4v) is 1.66. The predicted octanol–water partition coefficient (Wildman–Crippen LogP) is 2.76. The van der Waals surface area contributed by atoms with Crippen molar-refractivity contribution in [3.05, 3.63) is 22.7 Å². The summed E-state index contributed by atoms with van der Waals surface area (Å²) in [5.74, 6) is 0.921. The smallest absolute Gasteiger partial charge is 0.155 e. The number of nitrogens with one attached hydrogen (secondary N) is 2. The molecule has 0 aliphatic rings. The highest BCUT2D eigenvalue weighted by atomic mass is 79.9. The molecule has 0 bridgehead atoms. The third-order valence-electron chi connectivity index (χ3n) is 1.87. The summed E-state index contributed by atoms with van der Waals surface area (Å²) in [5.41, 5.74) is 1.05. The molecule has 0 saturated carbocycles. The maximum Gasteiger partial charge on any atom is 0.155 e. The van der Waals surface area contributed by atoms with Crippen molar-refractivity contribution in [1.29, 1.82) is 0 Å². The predicted molar refractivity (Wildman–Crippen MR) is 58.0 cm³/mol. The maximum absolute atomic E-state index is 4.17. The van der Waals surface area contributed by atoms with Crippen LogP contribution in [0, 0.1) is 0 Å². The number of aromatic amines is 1. The van der Waals surface area contributed by atoms with Crippen molar-refractivity contribution in [2.75, 3.05) is 11.9 Å². The molecule has 4 heteroatoms. The van der Waals surface area contributed by atoms with E-state index in [0.29, 0.717) is 0 Å². The quantitative estimate of drug-likeness (QED) is 0.847. The summed E-state index contributed by atoms with van der Waals surface area (Å²) >= 11 is 3.41. The number of aromatic nitrogens is 2. The minimum absolute atomic E-state index is 0.885. The first-order valence-electron chi connectivity index (χ1n) is 4.18. The van der Waals surface area contributed by atoms with E-state index in [0.717, 1.165) is 27.7 Å². The molecule has 0 unspecified atom stereocenters. The number of halogens is 1. The van der Waals surface area contributed by atoms with Crippen LogP contribution >= 0.6 is 15.9 Å². The van der Waals surface area contributed by atoms with Gasteiger partial charge in [-0.2, -0.15) is 5.10 Å². The zero-order valence-corrected chi connectivity index (χ0v) is 8.85. The monoisotopic (exact) mass is 239 g/mol. The zero-order chi connectivity index (χ0) is 9.26. The first-order chi connectivity index (χ1) is 6.31. The van der Waals surface area contributed by atoms with Gasteiger partial charge in [-0.1, -0.05) is 15.9 Å². The van der Waals surface area contributed by atoms with Gasteiger partial charge in [0.05, 0.1) is 5.52 Å². The highest BCUT2D eigenvalue weighted by molar-refractivity contribution is 9.10. The van der Waals surface area contributed by atoms with Gasteiger partial charge >= 0.3 is 0 Å². The van der Waals surface area contributed by atoms with Gasteiger partial charge in [0.2, 0.25) is 0 Å². The van der Waals surface area contributed by atoms with Crippen LogP contribution in [0.15, 0.2) is 22.7 Å². The third kappa shape index (κ3) is 1.54. The lowest BCUT2D eigenvalue weighted by atomic mass is 10.2. The SMILES string of the molecule is CCNc1n[nH]c2cc(Br)ccc12. The van der Waals surface area contributed by atoms with Crippen molar-refractivity contribution in [3.63, 3.8) is 0 Å². The molecule has 0 saturated heterocycles. The Kier molecular flexibility index (Phi) is 2.22. The molecule has 2 aromatic rings. The lowest BCUT2D eigenvalue weighted by molar-refractivity contribution is 1.08. The van der Waals surface area contributed by atoms with Gasteiger partial charge in [-0.05, 0) is 25.1 Å². The van der Waals surface area contributed by atoms with E-state index in [-0.39, 0.29) is 0 Å². The highest BCUT2D eigenvalue weighted by Crippen LogP contribution is 2.23. The molecule has 0 aliphatic heterocycles. The van der Waals surface area contributed by atoms with Crippen molar-refractivity contribution >= 4 is 32.7 Å². The van der Waals surface area contributed by atoms with Crippen molar-refractivity contribution in [3.8, 4) is 0 Å².